The largest absolute Gasteiger partial charge is 0.354 e. The van der Waals surface area contributed by atoms with E-state index in [0.717, 1.165) is 92.8 Å². The van der Waals surface area contributed by atoms with Crippen LogP contribution in [0.1, 0.15) is 67.3 Å². The van der Waals surface area contributed by atoms with Crippen molar-refractivity contribution in [1.29, 1.82) is 0 Å². The summed E-state index contributed by atoms with van der Waals surface area (Å²) in [6, 6.07) is 43.9. The first-order valence-corrected chi connectivity index (χ1v) is 23.5. The molecule has 13 rings (SSSR count). The second-order valence-electron chi connectivity index (χ2n) is 18.8. The number of H-pyrrole nitrogens is 2. The fraction of sp³-hybridized carbons (Fsp3) is 0.133. The number of allylic oxidation sites excluding steroid dienone is 4. The number of aromatic nitrogens is 4. The van der Waals surface area contributed by atoms with Gasteiger partial charge in [-0.1, -0.05) is 72.8 Å². The van der Waals surface area contributed by atoms with Crippen LogP contribution in [0.5, 0.6) is 0 Å². The smallest absolute Gasteiger partial charge is 0.0734 e. The second-order valence-corrected chi connectivity index (χ2v) is 18.8. The third-order valence-corrected chi connectivity index (χ3v) is 14.4. The topological polar surface area (TPSA) is 70.3 Å². The molecule has 0 saturated heterocycles. The highest BCUT2D eigenvalue weighted by atomic mass is 15.1. The van der Waals surface area contributed by atoms with Gasteiger partial charge in [-0.25, -0.2) is 9.97 Å². The van der Waals surface area contributed by atoms with Crippen molar-refractivity contribution in [3.05, 3.63) is 213 Å². The second kappa shape index (κ2) is 15.6. The van der Waals surface area contributed by atoms with Crippen LogP contribution < -0.4 is 19.6 Å². The van der Waals surface area contributed by atoms with Crippen LogP contribution in [0.4, 0.5) is 22.7 Å². The van der Waals surface area contributed by atoms with Gasteiger partial charge in [0.05, 0.1) is 22.8 Å². The van der Waals surface area contributed by atoms with Crippen LogP contribution in [0.25, 0.3) is 68.7 Å². The van der Waals surface area contributed by atoms with Gasteiger partial charge in [0, 0.05) is 146 Å². The van der Waals surface area contributed by atoms with Crippen LogP contribution in [0, 0.1) is 0 Å². The van der Waals surface area contributed by atoms with Crippen molar-refractivity contribution in [2.75, 3.05) is 47.8 Å². The van der Waals surface area contributed by atoms with Crippen molar-refractivity contribution in [1.82, 2.24) is 19.9 Å². The Bertz CT molecular complexity index is 3190. The van der Waals surface area contributed by atoms with E-state index in [4.69, 9.17) is 9.97 Å². The Balaban J connectivity index is 1.13. The van der Waals surface area contributed by atoms with Crippen LogP contribution in [-0.2, 0) is 25.7 Å². The molecule has 8 heteroatoms. The first kappa shape index (κ1) is 40.0. The quantitative estimate of drug-likeness (QED) is 0.183. The Kier molecular flexibility index (Phi) is 9.19. The van der Waals surface area contributed by atoms with Crippen LogP contribution >= 0.6 is 0 Å². The van der Waals surface area contributed by atoms with Crippen LogP contribution in [-0.4, -0.2) is 48.1 Å². The first-order chi connectivity index (χ1) is 33.3. The van der Waals surface area contributed by atoms with Gasteiger partial charge in [-0.15, -0.1) is 0 Å². The summed E-state index contributed by atoms with van der Waals surface area (Å²) < 4.78 is 0. The third kappa shape index (κ3) is 6.58. The lowest BCUT2D eigenvalue weighted by Crippen LogP contribution is -2.17. The number of hydrogen-bond acceptors (Lipinski definition) is 6. The summed E-state index contributed by atoms with van der Waals surface area (Å²) in [7, 11) is 8.60. The van der Waals surface area contributed by atoms with Gasteiger partial charge in [-0.05, 0) is 117 Å². The van der Waals surface area contributed by atoms with E-state index in [1.54, 1.807) is 0 Å². The summed E-state index contributed by atoms with van der Waals surface area (Å²) in [6.45, 7) is 0. The molecule has 0 spiro atoms. The predicted octanol–water partition coefficient (Wildman–Crippen LogP) is 12.8. The van der Waals surface area contributed by atoms with Crippen molar-refractivity contribution < 1.29 is 0 Å². The van der Waals surface area contributed by atoms with E-state index in [0.29, 0.717) is 0 Å². The molecule has 0 aliphatic carbocycles. The summed E-state index contributed by atoms with van der Waals surface area (Å²) >= 11 is 0. The minimum atomic E-state index is 0.779. The van der Waals surface area contributed by atoms with Gasteiger partial charge in [-0.3, -0.25) is 0 Å². The molecule has 6 aliphatic rings. The summed E-state index contributed by atoms with van der Waals surface area (Å²) in [4.78, 5) is 28.4. The SMILES string of the molecule is CN1C=C(c2c3nc(c(C4=CN(C)c5ccccc5C4)c4ccc([nH]4)c(C4=CN(C)c5ccccc5C4)c4nc(c(C5=CN(C)c6ccccc6C5)c5ccc2[nH]5)C=C4)C=C3)Cc2ccccc21. The molecule has 2 N–H and O–H groups in total. The Morgan fingerprint density at radius 1 is 0.324 bits per heavy atom. The zero-order valence-electron chi connectivity index (χ0n) is 38.7. The van der Waals surface area contributed by atoms with Gasteiger partial charge in [-0.2, -0.15) is 0 Å². The molecule has 8 nitrogen and oxygen atoms in total. The molecule has 68 heavy (non-hydrogen) atoms. The zero-order chi connectivity index (χ0) is 45.6. The van der Waals surface area contributed by atoms with Crippen LogP contribution in [0.2, 0.25) is 0 Å². The van der Waals surface area contributed by atoms with E-state index in [1.165, 1.54) is 67.3 Å². The molecule has 0 unspecified atom stereocenters. The Morgan fingerprint density at radius 2 is 0.559 bits per heavy atom. The van der Waals surface area contributed by atoms with Crippen molar-refractivity contribution in [2.24, 2.45) is 0 Å². The fourth-order valence-electron chi connectivity index (χ4n) is 11.4. The summed E-state index contributed by atoms with van der Waals surface area (Å²) in [5, 5.41) is 0. The standard InChI is InChI=1S/C60H50N8/c1-65-33-41(29-37-13-5-9-17-53(37)65)57-45-21-23-47(61-45)58(42-30-38-14-6-10-18-54(38)66(2)34-42)49-25-27-51(63-49)60(44-32-40-16-8-12-20-56(40)68(4)36-44)52-28-26-50(64-52)59(48-24-22-46(57)62-48)43-31-39-15-7-11-19-55(39)67(3)35-43/h5-28,33-36,61,64H,29-32H2,1-4H3. The number of benzene rings is 4. The van der Waals surface area contributed by atoms with Crippen molar-refractivity contribution >= 4 is 91.4 Å². The van der Waals surface area contributed by atoms with E-state index < -0.39 is 0 Å². The van der Waals surface area contributed by atoms with Gasteiger partial charge in [0.25, 0.3) is 0 Å². The van der Waals surface area contributed by atoms with E-state index in [1.807, 2.05) is 0 Å². The molecule has 9 heterocycles. The number of nitrogens with zero attached hydrogens (tertiary/aromatic N) is 6. The minimum Gasteiger partial charge on any atom is -0.354 e. The predicted molar refractivity (Wildman–Crippen MR) is 285 cm³/mol. The molecule has 0 radical (unpaired) electrons. The maximum absolute atomic E-state index is 5.69. The lowest BCUT2D eigenvalue weighted by Gasteiger charge is -2.27. The maximum Gasteiger partial charge on any atom is 0.0734 e. The van der Waals surface area contributed by atoms with Gasteiger partial charge >= 0.3 is 0 Å². The maximum atomic E-state index is 5.69. The third-order valence-electron chi connectivity index (χ3n) is 14.4. The molecular formula is C60H50N8. The lowest BCUT2D eigenvalue weighted by atomic mass is 9.93. The molecule has 4 aromatic carbocycles. The van der Waals surface area contributed by atoms with Crippen LogP contribution in [0.15, 0.2) is 146 Å². The summed E-state index contributed by atoms with van der Waals surface area (Å²) in [5.74, 6) is 0. The molecule has 0 fully saturated rings. The number of anilines is 4. The molecule has 0 atom stereocenters. The molecule has 8 bridgehead atoms. The van der Waals surface area contributed by atoms with Crippen molar-refractivity contribution in [2.45, 2.75) is 25.7 Å². The molecular weight excluding hydrogens is 833 g/mol. The van der Waals surface area contributed by atoms with E-state index in [-0.39, 0.29) is 0 Å². The molecule has 0 saturated carbocycles. The average Bonchev–Trinajstić information content (AvgIpc) is 4.21. The van der Waals surface area contributed by atoms with E-state index in [2.05, 4.69) is 228 Å². The van der Waals surface area contributed by atoms with Gasteiger partial charge < -0.3 is 29.6 Å². The molecule has 3 aromatic heterocycles. The van der Waals surface area contributed by atoms with Gasteiger partial charge in [0.2, 0.25) is 0 Å². The number of para-hydroxylation sites is 4. The normalized spacial score (nSPS) is 15.8. The number of hydrogen-bond donors (Lipinski definition) is 2. The molecule has 6 aliphatic heterocycles. The summed E-state index contributed by atoms with van der Waals surface area (Å²) in [6.07, 6.45) is 21.2. The van der Waals surface area contributed by atoms with Gasteiger partial charge in [0.15, 0.2) is 0 Å². The summed E-state index contributed by atoms with van der Waals surface area (Å²) in [5.41, 5.74) is 26.9. The number of aromatic amines is 2. The fourth-order valence-corrected chi connectivity index (χ4v) is 11.4. The number of rotatable bonds is 4. The highest BCUT2D eigenvalue weighted by Gasteiger charge is 2.27. The number of fused-ring (bicyclic) bond motifs is 12. The lowest BCUT2D eigenvalue weighted by molar-refractivity contribution is 1.09. The van der Waals surface area contributed by atoms with Crippen molar-refractivity contribution in [3.8, 4) is 0 Å². The average molecular weight is 883 g/mol. The zero-order valence-corrected chi connectivity index (χ0v) is 38.7. The van der Waals surface area contributed by atoms with Crippen LogP contribution in [0.3, 0.4) is 0 Å². The highest BCUT2D eigenvalue weighted by Crippen LogP contribution is 2.43. The Morgan fingerprint density at radius 3 is 0.809 bits per heavy atom. The highest BCUT2D eigenvalue weighted by molar-refractivity contribution is 5.99. The van der Waals surface area contributed by atoms with Crippen molar-refractivity contribution in [3.63, 3.8) is 0 Å². The minimum absolute atomic E-state index is 0.779. The molecule has 7 aromatic rings. The first-order valence-electron chi connectivity index (χ1n) is 23.5. The Labute approximate surface area is 396 Å². The molecule has 0 amide bonds. The molecule has 330 valence electrons. The number of nitrogens with one attached hydrogen (secondary N) is 2. The van der Waals surface area contributed by atoms with E-state index >= 15 is 0 Å². The van der Waals surface area contributed by atoms with E-state index in [9.17, 15) is 0 Å². The van der Waals surface area contributed by atoms with Gasteiger partial charge in [0.1, 0.15) is 0 Å². The monoisotopic (exact) mass is 882 g/mol. The Hall–Kier alpha value is -8.36.